The quantitative estimate of drug-likeness (QED) is 0.898. The van der Waals surface area contributed by atoms with Crippen molar-refractivity contribution in [2.75, 3.05) is 13.7 Å². The molecule has 1 amide bonds. The average molecular weight is 263 g/mol. The van der Waals surface area contributed by atoms with Gasteiger partial charge in [0.2, 0.25) is 5.91 Å². The highest BCUT2D eigenvalue weighted by Gasteiger charge is 2.36. The van der Waals surface area contributed by atoms with Gasteiger partial charge in [0.15, 0.2) is 5.78 Å². The lowest BCUT2D eigenvalue weighted by Gasteiger charge is -2.35. The summed E-state index contributed by atoms with van der Waals surface area (Å²) in [6, 6.07) is 5.13. The molecule has 0 aromatic heterocycles. The molecule has 1 heterocycles. The predicted octanol–water partition coefficient (Wildman–Crippen LogP) is 1.56. The van der Waals surface area contributed by atoms with Crippen LogP contribution in [0.3, 0.4) is 0 Å². The van der Waals surface area contributed by atoms with Crippen molar-refractivity contribution >= 4 is 11.7 Å². The van der Waals surface area contributed by atoms with Crippen molar-refractivity contribution in [3.8, 4) is 11.5 Å². The number of Topliss-reactive ketones (excluding diaryl/α,β-unsaturated/α-hetero) is 1. The molecule has 0 radical (unpaired) electrons. The van der Waals surface area contributed by atoms with E-state index in [1.165, 1.54) is 6.92 Å². The molecule has 19 heavy (non-hydrogen) atoms. The maximum Gasteiger partial charge on any atom is 0.217 e. The largest absolute Gasteiger partial charge is 0.497 e. The van der Waals surface area contributed by atoms with Crippen LogP contribution in [-0.2, 0) is 4.79 Å². The molecule has 1 unspecified atom stereocenters. The maximum absolute atomic E-state index is 12.1. The Morgan fingerprint density at radius 2 is 2.26 bits per heavy atom. The van der Waals surface area contributed by atoms with Crippen LogP contribution in [0.25, 0.3) is 0 Å². The molecule has 0 spiro atoms. The van der Waals surface area contributed by atoms with E-state index < -0.39 is 5.60 Å². The van der Waals surface area contributed by atoms with Gasteiger partial charge in [0, 0.05) is 13.0 Å². The van der Waals surface area contributed by atoms with Crippen molar-refractivity contribution in [2.45, 2.75) is 25.9 Å². The fourth-order valence-electron chi connectivity index (χ4n) is 2.09. The summed E-state index contributed by atoms with van der Waals surface area (Å²) < 4.78 is 11.0. The lowest BCUT2D eigenvalue weighted by atomic mass is 9.91. The number of fused-ring (bicyclic) bond motifs is 1. The van der Waals surface area contributed by atoms with Gasteiger partial charge in [0.05, 0.1) is 25.6 Å². The number of methoxy groups -OCH3 is 1. The monoisotopic (exact) mass is 263 g/mol. The van der Waals surface area contributed by atoms with E-state index in [2.05, 4.69) is 5.32 Å². The number of nitrogens with one attached hydrogen (secondary N) is 1. The molecule has 1 atom stereocenters. The number of rotatable bonds is 3. The second-order valence-electron chi connectivity index (χ2n) is 4.92. The summed E-state index contributed by atoms with van der Waals surface area (Å²) in [6.45, 7) is 3.54. The number of carbonyl (C=O) groups is 2. The van der Waals surface area contributed by atoms with Crippen molar-refractivity contribution < 1.29 is 19.1 Å². The van der Waals surface area contributed by atoms with Crippen LogP contribution < -0.4 is 14.8 Å². The number of hydrogen-bond acceptors (Lipinski definition) is 4. The summed E-state index contributed by atoms with van der Waals surface area (Å²) in [6.07, 6.45) is 0.243. The van der Waals surface area contributed by atoms with E-state index in [4.69, 9.17) is 9.47 Å². The highest BCUT2D eigenvalue weighted by molar-refractivity contribution is 6.00. The lowest BCUT2D eigenvalue weighted by Crippen LogP contribution is -2.48. The van der Waals surface area contributed by atoms with E-state index in [-0.39, 0.29) is 18.1 Å². The topological polar surface area (TPSA) is 64.6 Å². The molecule has 1 N–H and O–H groups in total. The van der Waals surface area contributed by atoms with E-state index in [9.17, 15) is 9.59 Å². The predicted molar refractivity (Wildman–Crippen MR) is 69.7 cm³/mol. The Kier molecular flexibility index (Phi) is 3.46. The zero-order chi connectivity index (χ0) is 14.0. The van der Waals surface area contributed by atoms with Gasteiger partial charge in [0.1, 0.15) is 17.1 Å². The van der Waals surface area contributed by atoms with E-state index in [1.807, 2.05) is 6.92 Å². The van der Waals surface area contributed by atoms with Gasteiger partial charge in [-0.2, -0.15) is 0 Å². The van der Waals surface area contributed by atoms with Gasteiger partial charge in [-0.1, -0.05) is 0 Å². The van der Waals surface area contributed by atoms with Gasteiger partial charge in [-0.15, -0.1) is 0 Å². The molecule has 5 nitrogen and oxygen atoms in total. The van der Waals surface area contributed by atoms with Crippen molar-refractivity contribution in [1.82, 2.24) is 5.32 Å². The molecule has 1 aromatic rings. The molecule has 0 saturated carbocycles. The van der Waals surface area contributed by atoms with Crippen molar-refractivity contribution in [2.24, 2.45) is 0 Å². The molecular formula is C14H17NO4. The van der Waals surface area contributed by atoms with Crippen LogP contribution in [0.15, 0.2) is 18.2 Å². The SMILES string of the molecule is COc1ccc2c(c1)OC(C)(CNC(C)=O)CC2=O. The minimum atomic E-state index is -0.720. The minimum Gasteiger partial charge on any atom is -0.497 e. The first kappa shape index (κ1) is 13.4. The normalized spacial score (nSPS) is 21.3. The van der Waals surface area contributed by atoms with E-state index in [0.29, 0.717) is 23.6 Å². The number of hydrogen-bond donors (Lipinski definition) is 1. The summed E-state index contributed by atoms with van der Waals surface area (Å²) in [4.78, 5) is 23.1. The molecular weight excluding hydrogens is 246 g/mol. The molecule has 5 heteroatoms. The first-order valence-corrected chi connectivity index (χ1v) is 6.08. The molecule has 0 fully saturated rings. The molecule has 0 saturated heterocycles. The summed E-state index contributed by atoms with van der Waals surface area (Å²) >= 11 is 0. The molecule has 1 aliphatic rings. The summed E-state index contributed by atoms with van der Waals surface area (Å²) in [7, 11) is 1.56. The van der Waals surface area contributed by atoms with Gasteiger partial charge in [0.25, 0.3) is 0 Å². The summed E-state index contributed by atoms with van der Waals surface area (Å²) in [5, 5.41) is 2.69. The van der Waals surface area contributed by atoms with Crippen molar-refractivity contribution in [3.63, 3.8) is 0 Å². The number of amides is 1. The number of ketones is 1. The molecule has 1 aliphatic heterocycles. The second kappa shape index (κ2) is 4.91. The van der Waals surface area contributed by atoms with Gasteiger partial charge in [-0.05, 0) is 19.1 Å². The number of carbonyl (C=O) groups excluding carboxylic acids is 2. The summed E-state index contributed by atoms with van der Waals surface area (Å²) in [5.74, 6) is 1.00. The Balaban J connectivity index is 2.26. The third kappa shape index (κ3) is 2.86. The Bertz CT molecular complexity index is 526. The van der Waals surface area contributed by atoms with E-state index in [1.54, 1.807) is 25.3 Å². The molecule has 0 bridgehead atoms. The van der Waals surface area contributed by atoms with Crippen LogP contribution in [0.1, 0.15) is 30.6 Å². The highest BCUT2D eigenvalue weighted by atomic mass is 16.5. The Morgan fingerprint density at radius 3 is 2.89 bits per heavy atom. The first-order valence-electron chi connectivity index (χ1n) is 6.08. The van der Waals surface area contributed by atoms with Crippen LogP contribution in [0.5, 0.6) is 11.5 Å². The van der Waals surface area contributed by atoms with Crippen LogP contribution in [-0.4, -0.2) is 30.9 Å². The second-order valence-corrected chi connectivity index (χ2v) is 4.92. The Morgan fingerprint density at radius 1 is 1.53 bits per heavy atom. The Labute approximate surface area is 111 Å². The summed E-state index contributed by atoms with van der Waals surface area (Å²) in [5.41, 5.74) is -0.164. The van der Waals surface area contributed by atoms with Gasteiger partial charge < -0.3 is 14.8 Å². The molecule has 1 aromatic carbocycles. The van der Waals surface area contributed by atoms with E-state index >= 15 is 0 Å². The fraction of sp³-hybridized carbons (Fsp3) is 0.429. The lowest BCUT2D eigenvalue weighted by molar-refractivity contribution is -0.119. The minimum absolute atomic E-state index is 0.0109. The van der Waals surface area contributed by atoms with Crippen LogP contribution in [0, 0.1) is 0 Å². The van der Waals surface area contributed by atoms with Crippen LogP contribution >= 0.6 is 0 Å². The van der Waals surface area contributed by atoms with Crippen LogP contribution in [0.2, 0.25) is 0 Å². The maximum atomic E-state index is 12.1. The van der Waals surface area contributed by atoms with Crippen molar-refractivity contribution in [3.05, 3.63) is 23.8 Å². The third-order valence-corrected chi connectivity index (χ3v) is 3.09. The zero-order valence-corrected chi connectivity index (χ0v) is 11.3. The van der Waals surface area contributed by atoms with Crippen molar-refractivity contribution in [1.29, 1.82) is 0 Å². The highest BCUT2D eigenvalue weighted by Crippen LogP contribution is 2.35. The van der Waals surface area contributed by atoms with Crippen LogP contribution in [0.4, 0.5) is 0 Å². The standard InChI is InChI=1S/C14H17NO4/c1-9(16)15-8-14(2)7-12(17)11-5-4-10(18-3)6-13(11)19-14/h4-6H,7-8H2,1-3H3,(H,15,16). The average Bonchev–Trinajstić information content (AvgIpc) is 2.35. The zero-order valence-electron chi connectivity index (χ0n) is 11.3. The van der Waals surface area contributed by atoms with Gasteiger partial charge >= 0.3 is 0 Å². The smallest absolute Gasteiger partial charge is 0.217 e. The molecule has 2 rings (SSSR count). The fourth-order valence-corrected chi connectivity index (χ4v) is 2.09. The first-order chi connectivity index (χ1) is 8.93. The van der Waals surface area contributed by atoms with Gasteiger partial charge in [-0.25, -0.2) is 0 Å². The number of ether oxygens (including phenoxy) is 2. The Hall–Kier alpha value is -2.04. The molecule has 102 valence electrons. The van der Waals surface area contributed by atoms with Gasteiger partial charge in [-0.3, -0.25) is 9.59 Å². The number of benzene rings is 1. The third-order valence-electron chi connectivity index (χ3n) is 3.09. The van der Waals surface area contributed by atoms with E-state index in [0.717, 1.165) is 0 Å². The molecule has 0 aliphatic carbocycles.